The van der Waals surface area contributed by atoms with Gasteiger partial charge < -0.3 is 10.2 Å². The Morgan fingerprint density at radius 1 is 1.41 bits per heavy atom. The van der Waals surface area contributed by atoms with Crippen molar-refractivity contribution in [2.24, 2.45) is 5.84 Å². The van der Waals surface area contributed by atoms with Gasteiger partial charge in [0, 0.05) is 17.1 Å². The summed E-state index contributed by atoms with van der Waals surface area (Å²) >= 11 is 3.38. The van der Waals surface area contributed by atoms with E-state index in [-0.39, 0.29) is 5.60 Å². The fourth-order valence-electron chi connectivity index (χ4n) is 2.64. The highest BCUT2D eigenvalue weighted by Gasteiger charge is 2.33. The number of aromatic nitrogens is 2. The molecule has 1 aliphatic heterocycles. The molecule has 0 aromatic carbocycles. The molecule has 22 heavy (non-hydrogen) atoms. The molecule has 120 valence electrons. The second kappa shape index (κ2) is 6.31. The van der Waals surface area contributed by atoms with Crippen LogP contribution in [0.3, 0.4) is 0 Å². The zero-order chi connectivity index (χ0) is 15.7. The fourth-order valence-corrected chi connectivity index (χ4v) is 4.50. The molecule has 0 radical (unpaired) electrons. The molecule has 0 aliphatic carbocycles. The van der Waals surface area contributed by atoms with Crippen LogP contribution in [-0.4, -0.2) is 21.3 Å². The van der Waals surface area contributed by atoms with Crippen molar-refractivity contribution in [3.05, 3.63) is 10.4 Å². The number of thiophene rings is 1. The van der Waals surface area contributed by atoms with Gasteiger partial charge in [0.15, 0.2) is 11.0 Å². The average Bonchev–Trinajstić information content (AvgIpc) is 2.89. The summed E-state index contributed by atoms with van der Waals surface area (Å²) in [6, 6.07) is 0. The minimum Gasteiger partial charge on any atom is -0.369 e. The van der Waals surface area contributed by atoms with Gasteiger partial charge in [-0.25, -0.2) is 15.8 Å². The summed E-state index contributed by atoms with van der Waals surface area (Å²) in [6.45, 7) is 7.14. The predicted molar refractivity (Wildman–Crippen MR) is 93.4 cm³/mol. The van der Waals surface area contributed by atoms with Crippen molar-refractivity contribution in [2.45, 2.75) is 57.4 Å². The molecule has 2 aromatic heterocycles. The Balaban J connectivity index is 2.09. The molecule has 0 saturated carbocycles. The van der Waals surface area contributed by atoms with Gasteiger partial charge in [-0.2, -0.15) is 0 Å². The lowest BCUT2D eigenvalue weighted by Crippen LogP contribution is -2.34. The molecule has 0 amide bonds. The monoisotopic (exact) mass is 338 g/mol. The molecule has 0 bridgehead atoms. The number of ether oxygens (including phenoxy) is 1. The van der Waals surface area contributed by atoms with Crippen LogP contribution in [0.2, 0.25) is 0 Å². The van der Waals surface area contributed by atoms with Crippen LogP contribution in [0.15, 0.2) is 5.16 Å². The van der Waals surface area contributed by atoms with E-state index in [0.29, 0.717) is 6.61 Å². The van der Waals surface area contributed by atoms with Gasteiger partial charge in [-0.15, -0.1) is 11.3 Å². The molecule has 5 nitrogen and oxygen atoms in total. The largest absolute Gasteiger partial charge is 0.369 e. The second-order valence-electron chi connectivity index (χ2n) is 5.80. The van der Waals surface area contributed by atoms with E-state index in [4.69, 9.17) is 15.6 Å². The first-order valence-electron chi connectivity index (χ1n) is 7.66. The summed E-state index contributed by atoms with van der Waals surface area (Å²) in [4.78, 5) is 11.6. The minimum atomic E-state index is -0.109. The maximum atomic E-state index is 6.04. The molecule has 1 aliphatic rings. The smallest absolute Gasteiger partial charge is 0.190 e. The summed E-state index contributed by atoms with van der Waals surface area (Å²) in [5.74, 6) is 7.48. The van der Waals surface area contributed by atoms with Gasteiger partial charge >= 0.3 is 0 Å². The quantitative estimate of drug-likeness (QED) is 0.375. The third-order valence-corrected chi connectivity index (χ3v) is 6.29. The number of nitrogen functional groups attached to an aromatic ring is 1. The number of thioether (sulfide) groups is 1. The Labute approximate surface area is 139 Å². The van der Waals surface area contributed by atoms with E-state index in [9.17, 15) is 0 Å². The van der Waals surface area contributed by atoms with Crippen LogP contribution >= 0.6 is 23.1 Å². The molecular formula is C15H22N4OS2. The molecule has 3 N–H and O–H groups in total. The number of fused-ring (bicyclic) bond motifs is 3. The summed E-state index contributed by atoms with van der Waals surface area (Å²) in [5, 5.41) is 1.87. The highest BCUT2D eigenvalue weighted by molar-refractivity contribution is 7.99. The molecule has 0 fully saturated rings. The Morgan fingerprint density at radius 3 is 2.91 bits per heavy atom. The van der Waals surface area contributed by atoms with Gasteiger partial charge in [0.2, 0.25) is 0 Å². The van der Waals surface area contributed by atoms with Crippen molar-refractivity contribution in [3.63, 3.8) is 0 Å². The van der Waals surface area contributed by atoms with Crippen molar-refractivity contribution in [2.75, 3.05) is 11.2 Å². The number of hydrazine groups is 1. The van der Waals surface area contributed by atoms with Crippen LogP contribution in [0.25, 0.3) is 10.2 Å². The molecule has 7 heteroatoms. The van der Waals surface area contributed by atoms with E-state index in [1.54, 1.807) is 23.1 Å². The number of hydrogen-bond donors (Lipinski definition) is 2. The zero-order valence-electron chi connectivity index (χ0n) is 13.2. The van der Waals surface area contributed by atoms with Gasteiger partial charge in [-0.05, 0) is 25.3 Å². The number of nitrogens with zero attached hydrogens (tertiary/aromatic N) is 2. The topological polar surface area (TPSA) is 73.1 Å². The third kappa shape index (κ3) is 2.82. The molecule has 0 saturated heterocycles. The lowest BCUT2D eigenvalue weighted by atomic mass is 9.90. The molecule has 3 heterocycles. The number of anilines is 1. The van der Waals surface area contributed by atoms with Gasteiger partial charge in [0.05, 0.1) is 17.6 Å². The molecule has 3 rings (SSSR count). The van der Waals surface area contributed by atoms with Gasteiger partial charge in [0.1, 0.15) is 4.83 Å². The lowest BCUT2D eigenvalue weighted by Gasteiger charge is -2.33. The Bertz CT molecular complexity index is 688. The first kappa shape index (κ1) is 16.0. The minimum absolute atomic E-state index is 0.109. The summed E-state index contributed by atoms with van der Waals surface area (Å²) < 4.78 is 6.04. The SMILES string of the molecule is CCCSc1nc(NN)c2c3c(sc2n1)CO[C@@](C)(CC)C3. The van der Waals surface area contributed by atoms with Crippen molar-refractivity contribution in [1.29, 1.82) is 0 Å². The van der Waals surface area contributed by atoms with Crippen LogP contribution in [0.1, 0.15) is 44.1 Å². The van der Waals surface area contributed by atoms with Crippen molar-refractivity contribution in [3.8, 4) is 0 Å². The van der Waals surface area contributed by atoms with Gasteiger partial charge in [0.25, 0.3) is 0 Å². The highest BCUT2D eigenvalue weighted by Crippen LogP contribution is 2.42. The van der Waals surface area contributed by atoms with E-state index < -0.39 is 0 Å². The van der Waals surface area contributed by atoms with Crippen molar-refractivity contribution in [1.82, 2.24) is 9.97 Å². The Kier molecular flexibility index (Phi) is 4.59. The lowest BCUT2D eigenvalue weighted by molar-refractivity contribution is -0.0542. The normalized spacial score (nSPS) is 21.1. The van der Waals surface area contributed by atoms with Crippen LogP contribution in [-0.2, 0) is 17.8 Å². The van der Waals surface area contributed by atoms with Crippen LogP contribution in [0.5, 0.6) is 0 Å². The fraction of sp³-hybridized carbons (Fsp3) is 0.600. The average molecular weight is 339 g/mol. The van der Waals surface area contributed by atoms with Crippen molar-refractivity contribution < 1.29 is 4.74 Å². The summed E-state index contributed by atoms with van der Waals surface area (Å²) in [6.07, 6.45) is 2.97. The van der Waals surface area contributed by atoms with Crippen LogP contribution in [0.4, 0.5) is 5.82 Å². The van der Waals surface area contributed by atoms with E-state index in [1.165, 1.54) is 10.4 Å². The summed E-state index contributed by atoms with van der Waals surface area (Å²) in [7, 11) is 0. The van der Waals surface area contributed by atoms with E-state index in [1.807, 2.05) is 0 Å². The number of hydrogen-bond acceptors (Lipinski definition) is 7. The number of nitrogens with two attached hydrogens (primary N) is 1. The van der Waals surface area contributed by atoms with E-state index >= 15 is 0 Å². The van der Waals surface area contributed by atoms with E-state index in [2.05, 4.69) is 31.2 Å². The van der Waals surface area contributed by atoms with Crippen LogP contribution in [0, 0.1) is 0 Å². The molecular weight excluding hydrogens is 316 g/mol. The maximum Gasteiger partial charge on any atom is 0.190 e. The first-order valence-corrected chi connectivity index (χ1v) is 9.46. The Hall–Kier alpha value is -0.890. The standard InChI is InChI=1S/C15H22N4OS2/c1-4-6-21-14-17-12(19-16)11-9-7-15(3,5-2)20-8-10(9)22-13(11)18-14/h4-8,16H2,1-3H3,(H,17,18,19)/t15-/m0/s1. The van der Waals surface area contributed by atoms with Crippen molar-refractivity contribution >= 4 is 39.1 Å². The first-order chi connectivity index (χ1) is 10.6. The summed E-state index contributed by atoms with van der Waals surface area (Å²) in [5.41, 5.74) is 3.96. The molecule has 1 atom stereocenters. The highest BCUT2D eigenvalue weighted by atomic mass is 32.2. The second-order valence-corrected chi connectivity index (χ2v) is 7.95. The maximum absolute atomic E-state index is 6.04. The van der Waals surface area contributed by atoms with Gasteiger partial charge in [-0.3, -0.25) is 0 Å². The third-order valence-electron chi connectivity index (χ3n) is 4.14. The Morgan fingerprint density at radius 2 is 2.23 bits per heavy atom. The van der Waals surface area contributed by atoms with Gasteiger partial charge in [-0.1, -0.05) is 25.6 Å². The van der Waals surface area contributed by atoms with E-state index in [0.717, 1.165) is 46.2 Å². The zero-order valence-corrected chi connectivity index (χ0v) is 14.9. The molecule has 0 unspecified atom stereocenters. The molecule has 0 spiro atoms. The number of nitrogens with one attached hydrogen (secondary N) is 1. The predicted octanol–water partition coefficient (Wildman–Crippen LogP) is 3.72. The van der Waals surface area contributed by atoms with Crippen LogP contribution < -0.4 is 11.3 Å². The molecule has 2 aromatic rings. The number of rotatable bonds is 5.